The smallest absolute Gasteiger partial charge is 0.311 e. The van der Waals surface area contributed by atoms with Crippen LogP contribution in [-0.2, 0) is 19.1 Å². The van der Waals surface area contributed by atoms with E-state index in [1.807, 2.05) is 4.90 Å². The highest BCUT2D eigenvalue weighted by Gasteiger charge is 2.39. The van der Waals surface area contributed by atoms with E-state index in [4.69, 9.17) is 16.3 Å². The van der Waals surface area contributed by atoms with Gasteiger partial charge < -0.3 is 15.0 Å². The average Bonchev–Trinajstić information content (AvgIpc) is 3.04. The largest absolute Gasteiger partial charge is 0.455 e. The Bertz CT molecular complexity index is 736. The topological polar surface area (TPSA) is 75.7 Å². The van der Waals surface area contributed by atoms with Crippen molar-refractivity contribution >= 4 is 51.0 Å². The normalized spacial score (nSPS) is 20.6. The summed E-state index contributed by atoms with van der Waals surface area (Å²) in [6.45, 7) is -0.0121. The Labute approximate surface area is 171 Å². The monoisotopic (exact) mass is 456 g/mol. The second-order valence-corrected chi connectivity index (χ2v) is 8.34. The summed E-state index contributed by atoms with van der Waals surface area (Å²) in [4.78, 5) is 38.4. The van der Waals surface area contributed by atoms with Gasteiger partial charge in [-0.15, -0.1) is 0 Å². The second kappa shape index (κ2) is 9.06. The maximum atomic E-state index is 12.3. The molecular formula is C19H22BrClN2O4. The number of ether oxygens (including phenoxy) is 1. The van der Waals surface area contributed by atoms with Crippen LogP contribution < -0.4 is 5.32 Å². The lowest BCUT2D eigenvalue weighted by Crippen LogP contribution is -2.38. The summed E-state index contributed by atoms with van der Waals surface area (Å²) in [6, 6.07) is 5.31. The number of hydrogen-bond donors (Lipinski definition) is 1. The van der Waals surface area contributed by atoms with Crippen LogP contribution in [-0.4, -0.2) is 41.9 Å². The minimum Gasteiger partial charge on any atom is -0.455 e. The van der Waals surface area contributed by atoms with Gasteiger partial charge in [0.25, 0.3) is 5.91 Å². The summed E-state index contributed by atoms with van der Waals surface area (Å²) >= 11 is 9.34. The average molecular weight is 458 g/mol. The standard InChI is InChI=1S/C19H22BrClN2O4/c20-13-6-7-16(15(21)9-13)22-17(24)11-27-19(26)12-8-18(25)23(10-12)14-4-2-1-3-5-14/h6-7,9,12,14H,1-5,8,10-11H2,(H,22,24)/t12-/m0/s1. The van der Waals surface area contributed by atoms with Crippen molar-refractivity contribution in [3.63, 3.8) is 0 Å². The van der Waals surface area contributed by atoms with E-state index in [9.17, 15) is 14.4 Å². The molecule has 1 aromatic rings. The number of nitrogens with zero attached hydrogens (tertiary/aromatic N) is 1. The number of nitrogens with one attached hydrogen (secondary N) is 1. The zero-order valence-corrected chi connectivity index (χ0v) is 17.2. The number of carbonyl (C=O) groups excluding carboxylic acids is 3. The number of amides is 2. The van der Waals surface area contributed by atoms with Gasteiger partial charge in [-0.05, 0) is 31.0 Å². The van der Waals surface area contributed by atoms with Crippen molar-refractivity contribution in [3.8, 4) is 0 Å². The van der Waals surface area contributed by atoms with Crippen molar-refractivity contribution < 1.29 is 19.1 Å². The fourth-order valence-electron chi connectivity index (χ4n) is 3.67. The number of anilines is 1. The number of hydrogen-bond acceptors (Lipinski definition) is 4. The van der Waals surface area contributed by atoms with Gasteiger partial charge in [-0.3, -0.25) is 14.4 Å². The maximum Gasteiger partial charge on any atom is 0.311 e. The summed E-state index contributed by atoms with van der Waals surface area (Å²) in [7, 11) is 0. The number of rotatable bonds is 5. The first-order valence-corrected chi connectivity index (χ1v) is 10.3. The van der Waals surface area contributed by atoms with E-state index in [1.54, 1.807) is 18.2 Å². The second-order valence-electron chi connectivity index (χ2n) is 7.02. The Morgan fingerprint density at radius 1 is 1.26 bits per heavy atom. The lowest BCUT2D eigenvalue weighted by Gasteiger charge is -2.31. The highest BCUT2D eigenvalue weighted by atomic mass is 79.9. The predicted octanol–water partition coefficient (Wildman–Crippen LogP) is 3.77. The number of halogens is 2. The first kappa shape index (κ1) is 20.1. The molecule has 1 aromatic carbocycles. The van der Waals surface area contributed by atoms with Gasteiger partial charge >= 0.3 is 5.97 Å². The third kappa shape index (κ3) is 5.23. The van der Waals surface area contributed by atoms with Crippen LogP contribution in [0.2, 0.25) is 5.02 Å². The quantitative estimate of drug-likeness (QED) is 0.683. The molecule has 1 atom stereocenters. The molecule has 1 saturated carbocycles. The first-order valence-electron chi connectivity index (χ1n) is 9.15. The van der Waals surface area contributed by atoms with Crippen molar-refractivity contribution in [1.82, 2.24) is 4.90 Å². The minimum absolute atomic E-state index is 0.00921. The van der Waals surface area contributed by atoms with Gasteiger partial charge in [-0.1, -0.05) is 46.8 Å². The molecule has 2 aliphatic rings. The Balaban J connectivity index is 1.47. The number of carbonyl (C=O) groups is 3. The van der Waals surface area contributed by atoms with Crippen molar-refractivity contribution in [3.05, 3.63) is 27.7 Å². The highest BCUT2D eigenvalue weighted by Crippen LogP contribution is 2.29. The summed E-state index contributed by atoms with van der Waals surface area (Å²) in [5.41, 5.74) is 0.445. The Kier molecular flexibility index (Phi) is 6.76. The van der Waals surface area contributed by atoms with E-state index in [0.29, 0.717) is 17.3 Å². The SMILES string of the molecule is O=C(COC(=O)[C@H]1CC(=O)N(C2CCCCC2)C1)Nc1ccc(Br)cc1Cl. The molecule has 0 unspecified atom stereocenters. The van der Waals surface area contributed by atoms with Crippen molar-refractivity contribution in [2.24, 2.45) is 5.92 Å². The Hall–Kier alpha value is -1.60. The Morgan fingerprint density at radius 3 is 2.70 bits per heavy atom. The third-order valence-electron chi connectivity index (χ3n) is 5.06. The minimum atomic E-state index is -0.501. The molecule has 1 N–H and O–H groups in total. The summed E-state index contributed by atoms with van der Waals surface area (Å²) in [6.07, 6.45) is 5.63. The highest BCUT2D eigenvalue weighted by molar-refractivity contribution is 9.10. The molecule has 1 heterocycles. The van der Waals surface area contributed by atoms with Crippen LogP contribution in [0, 0.1) is 5.92 Å². The van der Waals surface area contributed by atoms with Gasteiger partial charge in [0.15, 0.2) is 6.61 Å². The van der Waals surface area contributed by atoms with Crippen molar-refractivity contribution in [2.75, 3.05) is 18.5 Å². The van der Waals surface area contributed by atoms with Crippen LogP contribution in [0.5, 0.6) is 0 Å². The van der Waals surface area contributed by atoms with Crippen LogP contribution in [0.25, 0.3) is 0 Å². The molecule has 146 valence electrons. The molecule has 1 aliphatic carbocycles. The lowest BCUT2D eigenvalue weighted by atomic mass is 9.94. The molecule has 3 rings (SSSR count). The third-order valence-corrected chi connectivity index (χ3v) is 5.86. The Morgan fingerprint density at radius 2 is 2.00 bits per heavy atom. The molecule has 0 aromatic heterocycles. The number of likely N-dealkylation sites (tertiary alicyclic amines) is 1. The molecule has 1 aliphatic heterocycles. The van der Waals surface area contributed by atoms with Gasteiger partial charge in [0, 0.05) is 23.5 Å². The molecule has 1 saturated heterocycles. The van der Waals surface area contributed by atoms with Crippen LogP contribution in [0.15, 0.2) is 22.7 Å². The molecule has 6 nitrogen and oxygen atoms in total. The molecule has 2 fully saturated rings. The predicted molar refractivity (Wildman–Crippen MR) is 105 cm³/mol. The van der Waals surface area contributed by atoms with Gasteiger partial charge in [0.1, 0.15) is 0 Å². The van der Waals surface area contributed by atoms with Crippen molar-refractivity contribution in [1.29, 1.82) is 0 Å². The molecule has 0 radical (unpaired) electrons. The van der Waals surface area contributed by atoms with E-state index < -0.39 is 24.4 Å². The number of benzene rings is 1. The van der Waals surface area contributed by atoms with Crippen LogP contribution in [0.4, 0.5) is 5.69 Å². The van der Waals surface area contributed by atoms with E-state index in [2.05, 4.69) is 21.2 Å². The first-order chi connectivity index (χ1) is 12.9. The zero-order chi connectivity index (χ0) is 19.4. The number of esters is 1. The van der Waals surface area contributed by atoms with E-state index in [0.717, 1.165) is 30.2 Å². The molecule has 2 amide bonds. The summed E-state index contributed by atoms with van der Waals surface area (Å²) in [5.74, 6) is -1.46. The molecular weight excluding hydrogens is 436 g/mol. The molecule has 8 heteroatoms. The van der Waals surface area contributed by atoms with Crippen LogP contribution in [0.3, 0.4) is 0 Å². The van der Waals surface area contributed by atoms with E-state index >= 15 is 0 Å². The fourth-order valence-corrected chi connectivity index (χ4v) is 4.39. The van der Waals surface area contributed by atoms with Gasteiger partial charge in [0.2, 0.25) is 5.91 Å². The fraction of sp³-hybridized carbons (Fsp3) is 0.526. The molecule has 0 spiro atoms. The summed E-state index contributed by atoms with van der Waals surface area (Å²) < 4.78 is 5.92. The van der Waals surface area contributed by atoms with E-state index in [1.165, 1.54) is 6.42 Å². The van der Waals surface area contributed by atoms with Crippen LogP contribution >= 0.6 is 27.5 Å². The zero-order valence-electron chi connectivity index (χ0n) is 14.9. The summed E-state index contributed by atoms with van der Waals surface area (Å²) in [5, 5.41) is 2.99. The molecule has 27 heavy (non-hydrogen) atoms. The van der Waals surface area contributed by atoms with Gasteiger partial charge in [-0.2, -0.15) is 0 Å². The van der Waals surface area contributed by atoms with E-state index in [-0.39, 0.29) is 18.4 Å². The maximum absolute atomic E-state index is 12.3. The molecule has 0 bridgehead atoms. The van der Waals surface area contributed by atoms with Crippen molar-refractivity contribution in [2.45, 2.75) is 44.6 Å². The van der Waals surface area contributed by atoms with Crippen LogP contribution in [0.1, 0.15) is 38.5 Å². The van der Waals surface area contributed by atoms with Gasteiger partial charge in [-0.25, -0.2) is 0 Å². The lowest BCUT2D eigenvalue weighted by molar-refractivity contribution is -0.151. The van der Waals surface area contributed by atoms with Gasteiger partial charge in [0.05, 0.1) is 16.6 Å².